The molecule has 0 aliphatic carbocycles. The zero-order valence-electron chi connectivity index (χ0n) is 11.6. The third kappa shape index (κ3) is 2.78. The molecular formula is C13H20N4O2. The first-order valence-electron chi connectivity index (χ1n) is 6.29. The van der Waals surface area contributed by atoms with Crippen LogP contribution in [0.1, 0.15) is 16.9 Å². The standard InChI is InChI=1S/C13H20N4O2/c1-16(2)9-6-7-17(8-9)12-10(14)4-5-11(15-12)13(18)19-3/h4-5,9H,6-8,14H2,1-3H3. The van der Waals surface area contributed by atoms with Crippen LogP contribution in [0.4, 0.5) is 11.5 Å². The molecule has 0 aromatic carbocycles. The first-order valence-corrected chi connectivity index (χ1v) is 6.29. The highest BCUT2D eigenvalue weighted by Gasteiger charge is 2.26. The number of pyridine rings is 1. The number of methoxy groups -OCH3 is 1. The zero-order chi connectivity index (χ0) is 14.0. The van der Waals surface area contributed by atoms with Gasteiger partial charge in [0, 0.05) is 19.1 Å². The van der Waals surface area contributed by atoms with Gasteiger partial charge in [0.1, 0.15) is 0 Å². The Bertz CT molecular complexity index is 476. The summed E-state index contributed by atoms with van der Waals surface area (Å²) in [6.07, 6.45) is 1.07. The Hall–Kier alpha value is -1.82. The Labute approximate surface area is 113 Å². The second-order valence-electron chi connectivity index (χ2n) is 4.95. The molecule has 6 nitrogen and oxygen atoms in total. The Morgan fingerprint density at radius 3 is 2.84 bits per heavy atom. The van der Waals surface area contributed by atoms with Crippen molar-refractivity contribution in [2.75, 3.05) is 44.9 Å². The van der Waals surface area contributed by atoms with Crippen LogP contribution < -0.4 is 10.6 Å². The van der Waals surface area contributed by atoms with Gasteiger partial charge >= 0.3 is 5.97 Å². The summed E-state index contributed by atoms with van der Waals surface area (Å²) >= 11 is 0. The lowest BCUT2D eigenvalue weighted by molar-refractivity contribution is 0.0594. The maximum atomic E-state index is 11.5. The average molecular weight is 264 g/mol. The fourth-order valence-electron chi connectivity index (χ4n) is 2.29. The molecule has 1 aromatic heterocycles. The van der Waals surface area contributed by atoms with Crippen LogP contribution in [0.15, 0.2) is 12.1 Å². The van der Waals surface area contributed by atoms with Crippen molar-refractivity contribution in [1.82, 2.24) is 9.88 Å². The van der Waals surface area contributed by atoms with Crippen LogP contribution in [0.3, 0.4) is 0 Å². The summed E-state index contributed by atoms with van der Waals surface area (Å²) < 4.78 is 4.68. The minimum Gasteiger partial charge on any atom is -0.464 e. The topological polar surface area (TPSA) is 71.7 Å². The van der Waals surface area contributed by atoms with Gasteiger partial charge < -0.3 is 20.3 Å². The summed E-state index contributed by atoms with van der Waals surface area (Å²) in [7, 11) is 5.48. The summed E-state index contributed by atoms with van der Waals surface area (Å²) in [5.41, 5.74) is 6.84. The molecule has 0 saturated carbocycles. The smallest absolute Gasteiger partial charge is 0.356 e. The average Bonchev–Trinajstić information content (AvgIpc) is 2.88. The molecule has 2 heterocycles. The van der Waals surface area contributed by atoms with Crippen LogP contribution in [-0.4, -0.2) is 56.2 Å². The molecule has 19 heavy (non-hydrogen) atoms. The van der Waals surface area contributed by atoms with Gasteiger partial charge in [-0.25, -0.2) is 9.78 Å². The van der Waals surface area contributed by atoms with E-state index in [9.17, 15) is 4.79 Å². The van der Waals surface area contributed by atoms with E-state index in [1.165, 1.54) is 7.11 Å². The molecule has 0 spiro atoms. The predicted octanol–water partition coefficient (Wildman–Crippen LogP) is 0.591. The molecule has 0 amide bonds. The fourth-order valence-corrected chi connectivity index (χ4v) is 2.29. The van der Waals surface area contributed by atoms with Gasteiger partial charge in [-0.1, -0.05) is 0 Å². The van der Waals surface area contributed by atoms with Crippen LogP contribution in [-0.2, 0) is 4.74 Å². The number of hydrogen-bond acceptors (Lipinski definition) is 6. The third-order valence-electron chi connectivity index (χ3n) is 3.49. The molecule has 0 bridgehead atoms. The van der Waals surface area contributed by atoms with Crippen molar-refractivity contribution in [3.63, 3.8) is 0 Å². The minimum absolute atomic E-state index is 0.292. The first-order chi connectivity index (χ1) is 9.02. The maximum Gasteiger partial charge on any atom is 0.356 e. The van der Waals surface area contributed by atoms with Crippen LogP contribution in [0, 0.1) is 0 Å². The molecule has 104 valence electrons. The van der Waals surface area contributed by atoms with E-state index in [1.54, 1.807) is 12.1 Å². The highest BCUT2D eigenvalue weighted by molar-refractivity contribution is 5.88. The van der Waals surface area contributed by atoms with Crippen molar-refractivity contribution in [3.8, 4) is 0 Å². The van der Waals surface area contributed by atoms with Gasteiger partial charge in [0.05, 0.1) is 12.8 Å². The van der Waals surface area contributed by atoms with E-state index in [-0.39, 0.29) is 0 Å². The number of nitrogens with two attached hydrogens (primary N) is 1. The number of ether oxygens (including phenoxy) is 1. The number of nitrogen functional groups attached to an aromatic ring is 1. The monoisotopic (exact) mass is 264 g/mol. The lowest BCUT2D eigenvalue weighted by Crippen LogP contribution is -2.32. The molecule has 1 atom stereocenters. The minimum atomic E-state index is -0.440. The summed E-state index contributed by atoms with van der Waals surface area (Å²) in [6, 6.07) is 3.78. The van der Waals surface area contributed by atoms with Crippen molar-refractivity contribution in [3.05, 3.63) is 17.8 Å². The molecule has 0 radical (unpaired) electrons. The summed E-state index contributed by atoms with van der Waals surface area (Å²) in [6.45, 7) is 1.76. The number of carbonyl (C=O) groups excluding carboxylic acids is 1. The van der Waals surface area contributed by atoms with Gasteiger partial charge in [-0.15, -0.1) is 0 Å². The Morgan fingerprint density at radius 2 is 2.26 bits per heavy atom. The van der Waals surface area contributed by atoms with Crippen molar-refractivity contribution >= 4 is 17.5 Å². The van der Waals surface area contributed by atoms with E-state index in [2.05, 4.69) is 33.6 Å². The quantitative estimate of drug-likeness (QED) is 0.806. The fraction of sp³-hybridized carbons (Fsp3) is 0.538. The van der Waals surface area contributed by atoms with Crippen molar-refractivity contribution in [2.45, 2.75) is 12.5 Å². The number of likely N-dealkylation sites (N-methyl/N-ethyl adjacent to an activating group) is 1. The van der Waals surface area contributed by atoms with Gasteiger partial charge in [-0.05, 0) is 32.6 Å². The Balaban J connectivity index is 2.22. The lowest BCUT2D eigenvalue weighted by atomic mass is 10.2. The zero-order valence-corrected chi connectivity index (χ0v) is 11.6. The van der Waals surface area contributed by atoms with Crippen molar-refractivity contribution in [2.24, 2.45) is 0 Å². The first kappa shape index (κ1) is 13.6. The molecule has 2 rings (SSSR count). The van der Waals surface area contributed by atoms with Gasteiger partial charge in [-0.2, -0.15) is 0 Å². The summed E-state index contributed by atoms with van der Waals surface area (Å²) in [4.78, 5) is 20.2. The highest BCUT2D eigenvalue weighted by Crippen LogP contribution is 2.26. The van der Waals surface area contributed by atoms with Gasteiger partial charge in [-0.3, -0.25) is 0 Å². The maximum absolute atomic E-state index is 11.5. The van der Waals surface area contributed by atoms with E-state index in [0.717, 1.165) is 19.5 Å². The van der Waals surface area contributed by atoms with Gasteiger partial charge in [0.2, 0.25) is 0 Å². The summed E-state index contributed by atoms with van der Waals surface area (Å²) in [5, 5.41) is 0. The Morgan fingerprint density at radius 1 is 1.53 bits per heavy atom. The van der Waals surface area contributed by atoms with E-state index in [4.69, 9.17) is 5.73 Å². The van der Waals surface area contributed by atoms with E-state index in [0.29, 0.717) is 23.2 Å². The SMILES string of the molecule is COC(=O)c1ccc(N)c(N2CCC(N(C)C)C2)n1. The van der Waals surface area contributed by atoms with Crippen LogP contribution in [0.5, 0.6) is 0 Å². The molecule has 1 unspecified atom stereocenters. The number of nitrogens with zero attached hydrogens (tertiary/aromatic N) is 3. The van der Waals surface area contributed by atoms with Crippen molar-refractivity contribution < 1.29 is 9.53 Å². The molecule has 1 fully saturated rings. The van der Waals surface area contributed by atoms with E-state index >= 15 is 0 Å². The molecule has 2 N–H and O–H groups in total. The summed E-state index contributed by atoms with van der Waals surface area (Å²) in [5.74, 6) is 0.233. The molecule has 1 aromatic rings. The molecule has 1 saturated heterocycles. The second kappa shape index (κ2) is 5.44. The lowest BCUT2D eigenvalue weighted by Gasteiger charge is -2.22. The van der Waals surface area contributed by atoms with Gasteiger partial charge in [0.25, 0.3) is 0 Å². The van der Waals surface area contributed by atoms with Crippen LogP contribution in [0.2, 0.25) is 0 Å². The Kier molecular flexibility index (Phi) is 3.90. The number of rotatable bonds is 3. The second-order valence-corrected chi connectivity index (χ2v) is 4.95. The third-order valence-corrected chi connectivity index (χ3v) is 3.49. The molecule has 1 aliphatic rings. The van der Waals surface area contributed by atoms with Crippen molar-refractivity contribution in [1.29, 1.82) is 0 Å². The number of hydrogen-bond donors (Lipinski definition) is 1. The number of carbonyl (C=O) groups is 1. The van der Waals surface area contributed by atoms with E-state index < -0.39 is 5.97 Å². The largest absolute Gasteiger partial charge is 0.464 e. The normalized spacial score (nSPS) is 18.9. The molecular weight excluding hydrogens is 244 g/mol. The number of aromatic nitrogens is 1. The predicted molar refractivity (Wildman–Crippen MR) is 74.3 cm³/mol. The van der Waals surface area contributed by atoms with Crippen LogP contribution in [0.25, 0.3) is 0 Å². The number of esters is 1. The van der Waals surface area contributed by atoms with Crippen LogP contribution >= 0.6 is 0 Å². The van der Waals surface area contributed by atoms with E-state index in [1.807, 2.05) is 0 Å². The van der Waals surface area contributed by atoms with Gasteiger partial charge in [0.15, 0.2) is 11.5 Å². The molecule has 1 aliphatic heterocycles. The molecule has 6 heteroatoms. The number of anilines is 2. The highest BCUT2D eigenvalue weighted by atomic mass is 16.5.